The van der Waals surface area contributed by atoms with Crippen LogP contribution in [-0.4, -0.2) is 38.9 Å². The molecular formula is C23H29NO3. The largest absolute Gasteiger partial charge is 0.496 e. The van der Waals surface area contributed by atoms with Crippen molar-refractivity contribution in [2.75, 3.05) is 34.0 Å². The Hall–Kier alpha value is -2.04. The minimum Gasteiger partial charge on any atom is -0.496 e. The van der Waals surface area contributed by atoms with Gasteiger partial charge in [0, 0.05) is 18.7 Å². The average molecular weight is 367 g/mol. The van der Waals surface area contributed by atoms with E-state index >= 15 is 0 Å². The number of benzene rings is 2. The molecule has 1 aliphatic heterocycles. The van der Waals surface area contributed by atoms with E-state index in [2.05, 4.69) is 48.3 Å². The zero-order valence-electron chi connectivity index (χ0n) is 16.4. The Morgan fingerprint density at radius 1 is 1.22 bits per heavy atom. The normalized spacial score (nSPS) is 18.6. The first-order valence-corrected chi connectivity index (χ1v) is 9.91. The Bertz CT molecular complexity index is 789. The van der Waals surface area contributed by atoms with Crippen LogP contribution < -0.4 is 9.47 Å². The average Bonchev–Trinajstić information content (AvgIpc) is 2.72. The van der Waals surface area contributed by atoms with Crippen molar-refractivity contribution in [3.63, 3.8) is 0 Å². The van der Waals surface area contributed by atoms with Gasteiger partial charge in [-0.2, -0.15) is 0 Å². The molecule has 144 valence electrons. The molecule has 0 aromatic heterocycles. The summed E-state index contributed by atoms with van der Waals surface area (Å²) >= 11 is 0. The van der Waals surface area contributed by atoms with E-state index in [9.17, 15) is 0 Å². The maximum atomic E-state index is 5.58. The van der Waals surface area contributed by atoms with Gasteiger partial charge in [-0.15, -0.1) is 0 Å². The molecule has 0 bridgehead atoms. The van der Waals surface area contributed by atoms with Crippen molar-refractivity contribution in [1.29, 1.82) is 0 Å². The van der Waals surface area contributed by atoms with Gasteiger partial charge in [0.15, 0.2) is 6.79 Å². The SMILES string of the molecule is COc1cccc2c1CCCC2CN(C)CCc1ccc2c(c1)COCO2. The summed E-state index contributed by atoms with van der Waals surface area (Å²) in [7, 11) is 4.01. The van der Waals surface area contributed by atoms with Crippen LogP contribution >= 0.6 is 0 Å². The molecule has 0 saturated heterocycles. The molecule has 2 aromatic carbocycles. The third-order valence-corrected chi connectivity index (χ3v) is 5.80. The molecule has 4 rings (SSSR count). The van der Waals surface area contributed by atoms with Crippen molar-refractivity contribution >= 4 is 0 Å². The first-order chi connectivity index (χ1) is 13.2. The maximum Gasteiger partial charge on any atom is 0.189 e. The summed E-state index contributed by atoms with van der Waals surface area (Å²) in [6.45, 7) is 3.16. The lowest BCUT2D eigenvalue weighted by atomic mass is 9.82. The number of hydrogen-bond donors (Lipinski definition) is 0. The maximum absolute atomic E-state index is 5.58. The number of fused-ring (bicyclic) bond motifs is 2. The van der Waals surface area contributed by atoms with E-state index < -0.39 is 0 Å². The molecule has 0 fully saturated rings. The summed E-state index contributed by atoms with van der Waals surface area (Å²) in [5, 5.41) is 0. The van der Waals surface area contributed by atoms with Crippen LogP contribution in [0.2, 0.25) is 0 Å². The van der Waals surface area contributed by atoms with Gasteiger partial charge in [0.25, 0.3) is 0 Å². The third-order valence-electron chi connectivity index (χ3n) is 5.80. The van der Waals surface area contributed by atoms with Gasteiger partial charge in [-0.3, -0.25) is 0 Å². The number of hydrogen-bond acceptors (Lipinski definition) is 4. The lowest BCUT2D eigenvalue weighted by Crippen LogP contribution is -2.28. The first-order valence-electron chi connectivity index (χ1n) is 9.91. The highest BCUT2D eigenvalue weighted by molar-refractivity contribution is 5.44. The summed E-state index contributed by atoms with van der Waals surface area (Å²) < 4.78 is 16.5. The van der Waals surface area contributed by atoms with Crippen molar-refractivity contribution in [2.45, 2.75) is 38.2 Å². The van der Waals surface area contributed by atoms with E-state index in [0.717, 1.165) is 43.0 Å². The minimum absolute atomic E-state index is 0.364. The fourth-order valence-corrected chi connectivity index (χ4v) is 4.38. The smallest absolute Gasteiger partial charge is 0.189 e. The molecule has 4 nitrogen and oxygen atoms in total. The molecule has 1 aliphatic carbocycles. The van der Waals surface area contributed by atoms with E-state index in [4.69, 9.17) is 14.2 Å². The predicted octanol–water partition coefficient (Wildman–Crippen LogP) is 4.16. The minimum atomic E-state index is 0.364. The molecule has 1 unspecified atom stereocenters. The highest BCUT2D eigenvalue weighted by atomic mass is 16.7. The molecule has 1 atom stereocenters. The zero-order chi connectivity index (χ0) is 18.6. The number of likely N-dealkylation sites (N-methyl/N-ethyl adjacent to an activating group) is 1. The van der Waals surface area contributed by atoms with Crippen LogP contribution in [0.5, 0.6) is 11.5 Å². The Kier molecular flexibility index (Phi) is 5.65. The fraction of sp³-hybridized carbons (Fsp3) is 0.478. The molecule has 2 aliphatic rings. The topological polar surface area (TPSA) is 30.9 Å². The van der Waals surface area contributed by atoms with Crippen molar-refractivity contribution < 1.29 is 14.2 Å². The summed E-state index contributed by atoms with van der Waals surface area (Å²) in [5.74, 6) is 2.61. The molecular weight excluding hydrogens is 338 g/mol. The van der Waals surface area contributed by atoms with Crippen LogP contribution in [0, 0.1) is 0 Å². The lowest BCUT2D eigenvalue weighted by molar-refractivity contribution is -0.0164. The number of ether oxygens (including phenoxy) is 3. The van der Waals surface area contributed by atoms with Gasteiger partial charge < -0.3 is 19.1 Å². The molecule has 2 aromatic rings. The van der Waals surface area contributed by atoms with Crippen molar-refractivity contribution in [3.05, 3.63) is 58.7 Å². The third kappa shape index (κ3) is 4.12. The molecule has 4 heteroatoms. The summed E-state index contributed by atoms with van der Waals surface area (Å²) in [6.07, 6.45) is 4.69. The second kappa shape index (κ2) is 8.32. The monoisotopic (exact) mass is 367 g/mol. The standard InChI is InChI=1S/C23H29NO3/c1-24(12-11-17-9-10-22-19(13-17)15-26-16-27-22)14-18-5-3-7-21-20(18)6-4-8-23(21)25-2/h4,6,8-10,13,18H,3,5,7,11-12,14-16H2,1-2H3. The van der Waals surface area contributed by atoms with Gasteiger partial charge in [0.2, 0.25) is 0 Å². The highest BCUT2D eigenvalue weighted by Gasteiger charge is 2.23. The zero-order valence-corrected chi connectivity index (χ0v) is 16.4. The van der Waals surface area contributed by atoms with Gasteiger partial charge in [0.1, 0.15) is 11.5 Å². The first kappa shape index (κ1) is 18.3. The number of nitrogens with zero attached hydrogens (tertiary/aromatic N) is 1. The second-order valence-corrected chi connectivity index (χ2v) is 7.68. The Morgan fingerprint density at radius 2 is 2.15 bits per heavy atom. The number of rotatable bonds is 6. The van der Waals surface area contributed by atoms with Gasteiger partial charge in [-0.25, -0.2) is 0 Å². The molecule has 0 N–H and O–H groups in total. The van der Waals surface area contributed by atoms with Crippen LogP contribution in [0.1, 0.15) is 41.0 Å². The molecule has 0 saturated carbocycles. The Balaban J connectivity index is 1.37. The van der Waals surface area contributed by atoms with E-state index in [1.807, 2.05) is 0 Å². The van der Waals surface area contributed by atoms with Crippen molar-refractivity contribution in [3.8, 4) is 11.5 Å². The molecule has 0 amide bonds. The van der Waals surface area contributed by atoms with Gasteiger partial charge in [-0.05, 0) is 73.5 Å². The van der Waals surface area contributed by atoms with Gasteiger partial charge >= 0.3 is 0 Å². The van der Waals surface area contributed by atoms with E-state index in [0.29, 0.717) is 19.3 Å². The molecule has 0 radical (unpaired) electrons. The molecule has 1 heterocycles. The molecule has 27 heavy (non-hydrogen) atoms. The van der Waals surface area contributed by atoms with Gasteiger partial charge in [-0.1, -0.05) is 18.2 Å². The number of methoxy groups -OCH3 is 1. The lowest BCUT2D eigenvalue weighted by Gasteiger charge is -2.30. The summed E-state index contributed by atoms with van der Waals surface area (Å²) in [5.41, 5.74) is 5.41. The quantitative estimate of drug-likeness (QED) is 0.767. The fourth-order valence-electron chi connectivity index (χ4n) is 4.38. The Morgan fingerprint density at radius 3 is 3.04 bits per heavy atom. The highest BCUT2D eigenvalue weighted by Crippen LogP contribution is 2.37. The van der Waals surface area contributed by atoms with Crippen LogP contribution in [0.3, 0.4) is 0 Å². The molecule has 0 spiro atoms. The Labute approximate surface area is 162 Å². The van der Waals surface area contributed by atoms with E-state index in [1.54, 1.807) is 7.11 Å². The van der Waals surface area contributed by atoms with Crippen molar-refractivity contribution in [1.82, 2.24) is 4.90 Å². The van der Waals surface area contributed by atoms with E-state index in [1.165, 1.54) is 29.5 Å². The predicted molar refractivity (Wildman–Crippen MR) is 107 cm³/mol. The van der Waals surface area contributed by atoms with Crippen LogP contribution in [0.15, 0.2) is 36.4 Å². The van der Waals surface area contributed by atoms with Crippen LogP contribution in [0.25, 0.3) is 0 Å². The van der Waals surface area contributed by atoms with Crippen LogP contribution in [-0.2, 0) is 24.2 Å². The van der Waals surface area contributed by atoms with Crippen LogP contribution in [0.4, 0.5) is 0 Å². The second-order valence-electron chi connectivity index (χ2n) is 7.68. The van der Waals surface area contributed by atoms with E-state index in [-0.39, 0.29) is 0 Å². The van der Waals surface area contributed by atoms with Gasteiger partial charge in [0.05, 0.1) is 13.7 Å². The van der Waals surface area contributed by atoms with Crippen molar-refractivity contribution in [2.24, 2.45) is 0 Å². The summed E-state index contributed by atoms with van der Waals surface area (Å²) in [4.78, 5) is 2.46. The summed E-state index contributed by atoms with van der Waals surface area (Å²) in [6, 6.07) is 13.0.